The third-order valence-corrected chi connectivity index (χ3v) is 4.34. The van der Waals surface area contributed by atoms with Gasteiger partial charge in [-0.1, -0.05) is 30.2 Å². The number of carbonyl (C=O) groups is 1. The smallest absolute Gasteiger partial charge is 0.237 e. The number of halogens is 1. The number of anilines is 1. The summed E-state index contributed by atoms with van der Waals surface area (Å²) in [5.74, 6) is 0.593. The van der Waals surface area contributed by atoms with Gasteiger partial charge in [-0.3, -0.25) is 10.1 Å². The van der Waals surface area contributed by atoms with E-state index in [9.17, 15) is 4.79 Å². The van der Waals surface area contributed by atoms with Gasteiger partial charge in [0.25, 0.3) is 0 Å². The van der Waals surface area contributed by atoms with Crippen LogP contribution in [0.5, 0.6) is 0 Å². The number of aryl methyl sites for hydroxylation is 1. The third-order valence-electron chi connectivity index (χ3n) is 4.09. The molecular weight excluding hydrogens is 274 g/mol. The van der Waals surface area contributed by atoms with E-state index in [1.54, 1.807) is 10.8 Å². The van der Waals surface area contributed by atoms with Crippen molar-refractivity contribution in [2.75, 3.05) is 5.32 Å². The molecule has 0 aliphatic heterocycles. The van der Waals surface area contributed by atoms with E-state index in [1.807, 2.05) is 37.5 Å². The van der Waals surface area contributed by atoms with Crippen LogP contribution in [0.2, 0.25) is 5.02 Å². The Labute approximate surface area is 122 Å². The number of imidazole rings is 1. The van der Waals surface area contributed by atoms with Crippen LogP contribution in [0.1, 0.15) is 24.8 Å². The second-order valence-corrected chi connectivity index (χ2v) is 5.69. The van der Waals surface area contributed by atoms with E-state index in [0.717, 1.165) is 24.8 Å². The molecule has 0 atom stereocenters. The molecular formula is C15H16ClN3O. The highest BCUT2D eigenvalue weighted by Crippen LogP contribution is 2.44. The molecule has 1 amide bonds. The minimum atomic E-state index is -0.434. The maximum absolute atomic E-state index is 12.7. The quantitative estimate of drug-likeness (QED) is 0.943. The molecule has 20 heavy (non-hydrogen) atoms. The normalized spacial score (nSPS) is 16.5. The molecule has 1 aliphatic rings. The Bertz CT molecular complexity index is 629. The molecule has 5 heteroatoms. The molecule has 1 N–H and O–H groups in total. The zero-order chi connectivity index (χ0) is 14.2. The first-order valence-electron chi connectivity index (χ1n) is 6.67. The molecule has 1 heterocycles. The highest BCUT2D eigenvalue weighted by atomic mass is 35.5. The summed E-state index contributed by atoms with van der Waals surface area (Å²) in [5.41, 5.74) is 0.594. The highest BCUT2D eigenvalue weighted by Gasteiger charge is 2.45. The molecule has 1 aromatic carbocycles. The first kappa shape index (κ1) is 13.2. The van der Waals surface area contributed by atoms with Crippen molar-refractivity contribution < 1.29 is 4.79 Å². The maximum Gasteiger partial charge on any atom is 0.237 e. The topological polar surface area (TPSA) is 46.9 Å². The monoisotopic (exact) mass is 289 g/mol. The maximum atomic E-state index is 12.7. The van der Waals surface area contributed by atoms with E-state index in [1.165, 1.54) is 0 Å². The van der Waals surface area contributed by atoms with Crippen LogP contribution >= 0.6 is 11.6 Å². The standard InChI is InChI=1S/C15H16ClN3O/c1-19-10-9-17-14(19)18-13(20)15(7-2-8-15)11-3-5-12(16)6-4-11/h3-6,9-10H,2,7-8H2,1H3,(H,17,18,20). The first-order chi connectivity index (χ1) is 9.62. The third kappa shape index (κ3) is 2.10. The summed E-state index contributed by atoms with van der Waals surface area (Å²) in [7, 11) is 1.86. The fraction of sp³-hybridized carbons (Fsp3) is 0.333. The van der Waals surface area contributed by atoms with E-state index in [-0.39, 0.29) is 5.91 Å². The lowest BCUT2D eigenvalue weighted by molar-refractivity contribution is -0.124. The zero-order valence-corrected chi connectivity index (χ0v) is 12.0. The summed E-state index contributed by atoms with van der Waals surface area (Å²) in [6.07, 6.45) is 6.28. The number of nitrogens with zero attached hydrogens (tertiary/aromatic N) is 2. The summed E-state index contributed by atoms with van der Waals surface area (Å²) in [4.78, 5) is 16.8. The second-order valence-electron chi connectivity index (χ2n) is 5.26. The molecule has 1 fully saturated rings. The van der Waals surface area contributed by atoms with Crippen LogP contribution in [0.4, 0.5) is 5.95 Å². The van der Waals surface area contributed by atoms with E-state index < -0.39 is 5.41 Å². The molecule has 104 valence electrons. The van der Waals surface area contributed by atoms with E-state index in [4.69, 9.17) is 11.6 Å². The van der Waals surface area contributed by atoms with Gasteiger partial charge in [-0.25, -0.2) is 4.98 Å². The van der Waals surface area contributed by atoms with E-state index in [0.29, 0.717) is 11.0 Å². The Morgan fingerprint density at radius 3 is 2.55 bits per heavy atom. The summed E-state index contributed by atoms with van der Waals surface area (Å²) >= 11 is 5.92. The molecule has 0 unspecified atom stereocenters. The number of aromatic nitrogens is 2. The van der Waals surface area contributed by atoms with Crippen molar-refractivity contribution in [1.82, 2.24) is 9.55 Å². The summed E-state index contributed by atoms with van der Waals surface area (Å²) in [5, 5.41) is 3.61. The van der Waals surface area contributed by atoms with Crippen molar-refractivity contribution in [3.8, 4) is 0 Å². The van der Waals surface area contributed by atoms with Gasteiger partial charge in [-0.2, -0.15) is 0 Å². The Morgan fingerprint density at radius 2 is 2.05 bits per heavy atom. The van der Waals surface area contributed by atoms with Gasteiger partial charge in [0, 0.05) is 24.5 Å². The Balaban J connectivity index is 1.87. The molecule has 0 radical (unpaired) electrons. The number of hydrogen-bond donors (Lipinski definition) is 1. The number of hydrogen-bond acceptors (Lipinski definition) is 2. The lowest BCUT2D eigenvalue weighted by Crippen LogP contribution is -2.46. The predicted molar refractivity (Wildman–Crippen MR) is 78.8 cm³/mol. The average molecular weight is 290 g/mol. The van der Waals surface area contributed by atoms with Crippen molar-refractivity contribution in [1.29, 1.82) is 0 Å². The zero-order valence-electron chi connectivity index (χ0n) is 11.3. The van der Waals surface area contributed by atoms with Crippen LogP contribution in [-0.2, 0) is 17.3 Å². The van der Waals surface area contributed by atoms with Crippen LogP contribution in [0.15, 0.2) is 36.7 Å². The molecule has 0 saturated heterocycles. The van der Waals surface area contributed by atoms with Crippen molar-refractivity contribution in [3.63, 3.8) is 0 Å². The summed E-state index contributed by atoms with van der Waals surface area (Å²) in [6, 6.07) is 7.56. The number of amides is 1. The first-order valence-corrected chi connectivity index (χ1v) is 7.04. The molecule has 0 spiro atoms. The molecule has 0 bridgehead atoms. The van der Waals surface area contributed by atoms with Gasteiger partial charge in [0.1, 0.15) is 0 Å². The predicted octanol–water partition coefficient (Wildman–Crippen LogP) is 3.13. The van der Waals surface area contributed by atoms with Gasteiger partial charge >= 0.3 is 0 Å². The van der Waals surface area contributed by atoms with Gasteiger partial charge in [0.2, 0.25) is 11.9 Å². The van der Waals surface area contributed by atoms with Crippen LogP contribution in [0.25, 0.3) is 0 Å². The van der Waals surface area contributed by atoms with Crippen molar-refractivity contribution in [3.05, 3.63) is 47.2 Å². The summed E-state index contributed by atoms with van der Waals surface area (Å²) < 4.78 is 1.80. The number of benzene rings is 1. The SMILES string of the molecule is Cn1ccnc1NC(=O)C1(c2ccc(Cl)cc2)CCC1. The fourth-order valence-corrected chi connectivity index (χ4v) is 2.78. The average Bonchev–Trinajstić information content (AvgIpc) is 2.76. The number of carbonyl (C=O) groups excluding carboxylic acids is 1. The van der Waals surface area contributed by atoms with Gasteiger partial charge in [0.05, 0.1) is 5.41 Å². The Morgan fingerprint density at radius 1 is 1.35 bits per heavy atom. The van der Waals surface area contributed by atoms with Crippen molar-refractivity contribution in [2.24, 2.45) is 7.05 Å². The van der Waals surface area contributed by atoms with Crippen LogP contribution in [-0.4, -0.2) is 15.5 Å². The van der Waals surface area contributed by atoms with Crippen LogP contribution in [0.3, 0.4) is 0 Å². The second kappa shape index (κ2) is 4.94. The Hall–Kier alpha value is -1.81. The molecule has 4 nitrogen and oxygen atoms in total. The Kier molecular flexibility index (Phi) is 3.26. The van der Waals surface area contributed by atoms with Gasteiger partial charge in [-0.05, 0) is 30.5 Å². The lowest BCUT2D eigenvalue weighted by Gasteiger charge is -2.40. The largest absolute Gasteiger partial charge is 0.320 e. The van der Waals surface area contributed by atoms with Crippen LogP contribution in [0, 0.1) is 0 Å². The molecule has 1 aromatic heterocycles. The number of nitrogens with one attached hydrogen (secondary N) is 1. The van der Waals surface area contributed by atoms with Crippen LogP contribution < -0.4 is 5.32 Å². The molecule has 1 saturated carbocycles. The molecule has 1 aliphatic carbocycles. The minimum absolute atomic E-state index is 0.0142. The number of rotatable bonds is 3. The van der Waals surface area contributed by atoms with Crippen molar-refractivity contribution in [2.45, 2.75) is 24.7 Å². The van der Waals surface area contributed by atoms with E-state index >= 15 is 0 Å². The minimum Gasteiger partial charge on any atom is -0.320 e. The highest BCUT2D eigenvalue weighted by molar-refractivity contribution is 6.30. The van der Waals surface area contributed by atoms with Gasteiger partial charge < -0.3 is 4.57 Å². The fourth-order valence-electron chi connectivity index (χ4n) is 2.65. The molecule has 2 aromatic rings. The summed E-state index contributed by atoms with van der Waals surface area (Å²) in [6.45, 7) is 0. The van der Waals surface area contributed by atoms with Gasteiger partial charge in [0.15, 0.2) is 0 Å². The lowest BCUT2D eigenvalue weighted by atomic mass is 9.64. The van der Waals surface area contributed by atoms with Crippen molar-refractivity contribution >= 4 is 23.5 Å². The molecule has 3 rings (SSSR count). The van der Waals surface area contributed by atoms with Gasteiger partial charge in [-0.15, -0.1) is 0 Å². The van der Waals surface area contributed by atoms with E-state index in [2.05, 4.69) is 10.3 Å².